The lowest BCUT2D eigenvalue weighted by Crippen LogP contribution is -2.37. The molecule has 4 heteroatoms. The minimum Gasteiger partial charge on any atom is -0.321 e. The maximum atomic E-state index is 11.8. The van der Waals surface area contributed by atoms with E-state index in [1.165, 1.54) is 0 Å². The van der Waals surface area contributed by atoms with Gasteiger partial charge in [0.05, 0.1) is 6.04 Å². The highest BCUT2D eigenvalue weighted by atomic mass is 16.1. The van der Waals surface area contributed by atoms with Crippen LogP contribution in [-0.2, 0) is 7.05 Å². The number of hydrogen-bond donors (Lipinski definition) is 1. The normalized spacial score (nSPS) is 15.1. The van der Waals surface area contributed by atoms with Crippen LogP contribution in [0.15, 0.2) is 12.3 Å². The molecule has 0 aromatic carbocycles. The summed E-state index contributed by atoms with van der Waals surface area (Å²) in [5, 5.41) is 3.95. The summed E-state index contributed by atoms with van der Waals surface area (Å²) >= 11 is 0. The number of nitrogens with two attached hydrogens (primary N) is 1. The van der Waals surface area contributed by atoms with E-state index in [0.717, 1.165) is 6.42 Å². The van der Waals surface area contributed by atoms with E-state index in [0.29, 0.717) is 5.69 Å². The average Bonchev–Trinajstić information content (AvgIpc) is 2.61. The fraction of sp³-hybridized carbons (Fsp3) is 0.600. The smallest absolute Gasteiger partial charge is 0.197 e. The SMILES string of the molecule is CC[C@H](C)[C@H](N)C(=O)c1ccnn1C. The second kappa shape index (κ2) is 4.37. The van der Waals surface area contributed by atoms with Crippen LogP contribution in [0.3, 0.4) is 0 Å². The van der Waals surface area contributed by atoms with Crippen LogP contribution in [0.5, 0.6) is 0 Å². The van der Waals surface area contributed by atoms with Crippen molar-refractivity contribution in [2.24, 2.45) is 18.7 Å². The molecule has 0 aliphatic rings. The van der Waals surface area contributed by atoms with Gasteiger partial charge in [-0.3, -0.25) is 9.48 Å². The molecule has 0 bridgehead atoms. The van der Waals surface area contributed by atoms with Crippen molar-refractivity contribution in [3.05, 3.63) is 18.0 Å². The monoisotopic (exact) mass is 195 g/mol. The van der Waals surface area contributed by atoms with Gasteiger partial charge in [-0.15, -0.1) is 0 Å². The second-order valence-corrected chi connectivity index (χ2v) is 3.62. The highest BCUT2D eigenvalue weighted by Gasteiger charge is 2.22. The largest absolute Gasteiger partial charge is 0.321 e. The molecule has 0 aliphatic carbocycles. The highest BCUT2D eigenvalue weighted by Crippen LogP contribution is 2.10. The third-order valence-electron chi connectivity index (χ3n) is 2.63. The van der Waals surface area contributed by atoms with Gasteiger partial charge in [-0.05, 0) is 12.0 Å². The Morgan fingerprint density at radius 2 is 2.36 bits per heavy atom. The Kier molecular flexibility index (Phi) is 3.41. The van der Waals surface area contributed by atoms with Crippen molar-refractivity contribution in [2.45, 2.75) is 26.3 Å². The van der Waals surface area contributed by atoms with Gasteiger partial charge < -0.3 is 5.73 Å². The number of aromatic nitrogens is 2. The first-order chi connectivity index (χ1) is 6.57. The molecule has 14 heavy (non-hydrogen) atoms. The van der Waals surface area contributed by atoms with Crippen molar-refractivity contribution < 1.29 is 4.79 Å². The first-order valence-corrected chi connectivity index (χ1v) is 4.85. The van der Waals surface area contributed by atoms with Crippen LogP contribution < -0.4 is 5.73 Å². The Bertz CT molecular complexity index is 319. The van der Waals surface area contributed by atoms with Crippen molar-refractivity contribution in [3.63, 3.8) is 0 Å². The first-order valence-electron chi connectivity index (χ1n) is 4.85. The molecule has 0 radical (unpaired) electrons. The zero-order valence-electron chi connectivity index (χ0n) is 8.90. The molecule has 78 valence electrons. The first kappa shape index (κ1) is 10.9. The molecule has 1 heterocycles. The van der Waals surface area contributed by atoms with Crippen LogP contribution in [0.25, 0.3) is 0 Å². The van der Waals surface area contributed by atoms with E-state index >= 15 is 0 Å². The number of Topliss-reactive ketones (excluding diaryl/α,β-unsaturated/α-hetero) is 1. The van der Waals surface area contributed by atoms with E-state index < -0.39 is 6.04 Å². The lowest BCUT2D eigenvalue weighted by molar-refractivity contribution is 0.0925. The summed E-state index contributed by atoms with van der Waals surface area (Å²) in [7, 11) is 1.75. The predicted octanol–water partition coefficient (Wildman–Crippen LogP) is 0.976. The van der Waals surface area contributed by atoms with Gasteiger partial charge in [-0.1, -0.05) is 20.3 Å². The molecule has 2 N–H and O–H groups in total. The number of ketones is 1. The third-order valence-corrected chi connectivity index (χ3v) is 2.63. The Morgan fingerprint density at radius 3 is 2.79 bits per heavy atom. The van der Waals surface area contributed by atoms with E-state index in [1.54, 1.807) is 24.0 Å². The van der Waals surface area contributed by atoms with Crippen LogP contribution in [0.4, 0.5) is 0 Å². The summed E-state index contributed by atoms with van der Waals surface area (Å²) < 4.78 is 1.56. The summed E-state index contributed by atoms with van der Waals surface area (Å²) in [5.41, 5.74) is 6.42. The van der Waals surface area contributed by atoms with E-state index in [9.17, 15) is 4.79 Å². The number of carbonyl (C=O) groups is 1. The molecule has 0 aliphatic heterocycles. The van der Waals surface area contributed by atoms with Gasteiger partial charge in [0.15, 0.2) is 5.78 Å². The second-order valence-electron chi connectivity index (χ2n) is 3.62. The molecule has 2 atom stereocenters. The highest BCUT2D eigenvalue weighted by molar-refractivity contribution is 5.98. The molecule has 0 unspecified atom stereocenters. The average molecular weight is 195 g/mol. The molecule has 0 fully saturated rings. The fourth-order valence-corrected chi connectivity index (χ4v) is 1.30. The zero-order chi connectivity index (χ0) is 10.7. The lowest BCUT2D eigenvalue weighted by Gasteiger charge is -2.16. The Hall–Kier alpha value is -1.16. The van der Waals surface area contributed by atoms with Crippen LogP contribution >= 0.6 is 0 Å². The van der Waals surface area contributed by atoms with Crippen molar-refractivity contribution in [1.82, 2.24) is 9.78 Å². The van der Waals surface area contributed by atoms with E-state index in [2.05, 4.69) is 5.10 Å². The van der Waals surface area contributed by atoms with Crippen molar-refractivity contribution >= 4 is 5.78 Å². The number of hydrogen-bond acceptors (Lipinski definition) is 3. The zero-order valence-corrected chi connectivity index (χ0v) is 8.90. The number of rotatable bonds is 4. The Labute approximate surface area is 84.1 Å². The van der Waals surface area contributed by atoms with Gasteiger partial charge in [0.25, 0.3) is 0 Å². The third kappa shape index (κ3) is 2.01. The molecule has 0 saturated carbocycles. The molecular weight excluding hydrogens is 178 g/mol. The van der Waals surface area contributed by atoms with Gasteiger partial charge in [0.2, 0.25) is 0 Å². The summed E-state index contributed by atoms with van der Waals surface area (Å²) in [4.78, 5) is 11.8. The topological polar surface area (TPSA) is 60.9 Å². The number of aryl methyl sites for hydroxylation is 1. The molecule has 1 aromatic rings. The van der Waals surface area contributed by atoms with Gasteiger partial charge in [0.1, 0.15) is 5.69 Å². The standard InChI is InChI=1S/C10H17N3O/c1-4-7(2)9(11)10(14)8-5-6-12-13(8)3/h5-7,9H,4,11H2,1-3H3/t7-,9-/m0/s1. The van der Waals surface area contributed by atoms with Gasteiger partial charge in [0, 0.05) is 13.2 Å². The van der Waals surface area contributed by atoms with Crippen molar-refractivity contribution in [3.8, 4) is 0 Å². The summed E-state index contributed by atoms with van der Waals surface area (Å²) in [6.07, 6.45) is 2.52. The molecule has 4 nitrogen and oxygen atoms in total. The van der Waals surface area contributed by atoms with Crippen LogP contribution in [-0.4, -0.2) is 21.6 Å². The molecular formula is C10H17N3O. The maximum Gasteiger partial charge on any atom is 0.197 e. The van der Waals surface area contributed by atoms with Crippen molar-refractivity contribution in [2.75, 3.05) is 0 Å². The lowest BCUT2D eigenvalue weighted by atomic mass is 9.95. The quantitative estimate of drug-likeness (QED) is 0.728. The Morgan fingerprint density at radius 1 is 1.71 bits per heavy atom. The van der Waals surface area contributed by atoms with E-state index in [4.69, 9.17) is 5.73 Å². The van der Waals surface area contributed by atoms with Crippen molar-refractivity contribution in [1.29, 1.82) is 0 Å². The molecule has 0 spiro atoms. The molecule has 1 rings (SSSR count). The van der Waals surface area contributed by atoms with Gasteiger partial charge >= 0.3 is 0 Å². The Balaban J connectivity index is 2.81. The van der Waals surface area contributed by atoms with E-state index in [1.807, 2.05) is 13.8 Å². The van der Waals surface area contributed by atoms with Crippen LogP contribution in [0.1, 0.15) is 30.8 Å². The summed E-state index contributed by atoms with van der Waals surface area (Å²) in [6, 6.07) is 1.28. The maximum absolute atomic E-state index is 11.8. The number of carbonyl (C=O) groups excluding carboxylic acids is 1. The summed E-state index contributed by atoms with van der Waals surface area (Å²) in [6.45, 7) is 4.01. The molecule has 0 saturated heterocycles. The molecule has 0 amide bonds. The predicted molar refractivity (Wildman–Crippen MR) is 55.0 cm³/mol. The van der Waals surface area contributed by atoms with Gasteiger partial charge in [-0.2, -0.15) is 5.10 Å². The minimum atomic E-state index is -0.421. The van der Waals surface area contributed by atoms with E-state index in [-0.39, 0.29) is 11.7 Å². The van der Waals surface area contributed by atoms with Gasteiger partial charge in [-0.25, -0.2) is 0 Å². The summed E-state index contributed by atoms with van der Waals surface area (Å²) in [5.74, 6) is 0.178. The fourth-order valence-electron chi connectivity index (χ4n) is 1.30. The van der Waals surface area contributed by atoms with Crippen LogP contribution in [0, 0.1) is 5.92 Å². The number of nitrogens with zero attached hydrogens (tertiary/aromatic N) is 2. The van der Waals surface area contributed by atoms with Crippen LogP contribution in [0.2, 0.25) is 0 Å². The molecule has 1 aromatic heterocycles. The minimum absolute atomic E-state index is 0.0284.